The SMILES string of the molecule is N=C(N)c1ccc(Cn2cc(Cl)cn2)c(Cl)c1. The fourth-order valence-electron chi connectivity index (χ4n) is 1.44. The summed E-state index contributed by atoms with van der Waals surface area (Å²) in [6.45, 7) is 0.531. The van der Waals surface area contributed by atoms with Gasteiger partial charge in [0.15, 0.2) is 0 Å². The number of nitrogens with one attached hydrogen (secondary N) is 1. The molecule has 0 aliphatic carbocycles. The highest BCUT2D eigenvalue weighted by Gasteiger charge is 2.05. The van der Waals surface area contributed by atoms with Crippen LogP contribution in [0.3, 0.4) is 0 Å². The average molecular weight is 269 g/mol. The molecule has 88 valence electrons. The molecule has 2 rings (SSSR count). The molecule has 17 heavy (non-hydrogen) atoms. The fraction of sp³-hybridized carbons (Fsp3) is 0.0909. The monoisotopic (exact) mass is 268 g/mol. The summed E-state index contributed by atoms with van der Waals surface area (Å²) < 4.78 is 1.69. The van der Waals surface area contributed by atoms with Crippen LogP contribution in [0, 0.1) is 5.41 Å². The summed E-state index contributed by atoms with van der Waals surface area (Å²) >= 11 is 11.9. The predicted octanol–water partition coefficient (Wildman–Crippen LogP) is 2.52. The van der Waals surface area contributed by atoms with Crippen LogP contribution in [0.4, 0.5) is 0 Å². The molecule has 1 aromatic carbocycles. The molecule has 0 atom stereocenters. The van der Waals surface area contributed by atoms with Gasteiger partial charge in [-0.1, -0.05) is 35.3 Å². The van der Waals surface area contributed by atoms with Crippen molar-refractivity contribution in [3.8, 4) is 0 Å². The second-order valence-electron chi connectivity index (χ2n) is 3.58. The van der Waals surface area contributed by atoms with Gasteiger partial charge in [0, 0.05) is 16.8 Å². The normalized spacial score (nSPS) is 10.5. The van der Waals surface area contributed by atoms with Crippen molar-refractivity contribution in [2.75, 3.05) is 0 Å². The van der Waals surface area contributed by atoms with Crippen molar-refractivity contribution in [1.82, 2.24) is 9.78 Å². The fourth-order valence-corrected chi connectivity index (χ4v) is 1.84. The van der Waals surface area contributed by atoms with E-state index in [4.69, 9.17) is 34.3 Å². The van der Waals surface area contributed by atoms with Crippen molar-refractivity contribution in [2.24, 2.45) is 5.73 Å². The van der Waals surface area contributed by atoms with E-state index in [0.29, 0.717) is 22.2 Å². The average Bonchev–Trinajstić information content (AvgIpc) is 2.67. The summed E-state index contributed by atoms with van der Waals surface area (Å²) in [7, 11) is 0. The molecule has 2 aromatic rings. The minimum absolute atomic E-state index is 0.000540. The highest BCUT2D eigenvalue weighted by Crippen LogP contribution is 2.19. The van der Waals surface area contributed by atoms with Gasteiger partial charge in [-0.3, -0.25) is 10.1 Å². The van der Waals surface area contributed by atoms with Gasteiger partial charge in [-0.2, -0.15) is 5.10 Å². The van der Waals surface area contributed by atoms with Crippen LogP contribution in [-0.2, 0) is 6.54 Å². The molecule has 0 saturated heterocycles. The minimum atomic E-state index is 0.000540. The number of nitrogen functional groups attached to an aromatic ring is 1. The number of amidine groups is 1. The van der Waals surface area contributed by atoms with E-state index in [2.05, 4.69) is 5.10 Å². The van der Waals surface area contributed by atoms with E-state index in [0.717, 1.165) is 5.56 Å². The molecule has 0 bridgehead atoms. The van der Waals surface area contributed by atoms with Crippen LogP contribution in [-0.4, -0.2) is 15.6 Å². The summed E-state index contributed by atoms with van der Waals surface area (Å²) in [5.74, 6) is 0.000540. The van der Waals surface area contributed by atoms with E-state index < -0.39 is 0 Å². The molecule has 1 aromatic heterocycles. The van der Waals surface area contributed by atoms with Gasteiger partial charge >= 0.3 is 0 Å². The van der Waals surface area contributed by atoms with Gasteiger partial charge in [0.1, 0.15) is 5.84 Å². The van der Waals surface area contributed by atoms with Crippen molar-refractivity contribution in [1.29, 1.82) is 5.41 Å². The first-order valence-corrected chi connectivity index (χ1v) is 5.62. The topological polar surface area (TPSA) is 67.7 Å². The van der Waals surface area contributed by atoms with E-state index >= 15 is 0 Å². The number of nitrogens with two attached hydrogens (primary N) is 1. The number of hydrogen-bond donors (Lipinski definition) is 2. The third-order valence-corrected chi connectivity index (χ3v) is 2.85. The van der Waals surface area contributed by atoms with Gasteiger partial charge in [0.2, 0.25) is 0 Å². The van der Waals surface area contributed by atoms with E-state index in [1.807, 2.05) is 6.07 Å². The predicted molar refractivity (Wildman–Crippen MR) is 68.8 cm³/mol. The lowest BCUT2D eigenvalue weighted by atomic mass is 10.1. The maximum Gasteiger partial charge on any atom is 0.122 e. The largest absolute Gasteiger partial charge is 0.384 e. The molecule has 0 amide bonds. The standard InChI is InChI=1S/C11H10Cl2N4/c12-9-4-16-17(6-9)5-8-2-1-7(11(14)15)3-10(8)13/h1-4,6H,5H2,(H3,14,15). The van der Waals surface area contributed by atoms with Gasteiger partial charge in [0.25, 0.3) is 0 Å². The third-order valence-electron chi connectivity index (χ3n) is 2.30. The Kier molecular flexibility index (Phi) is 3.36. The maximum absolute atomic E-state index is 7.31. The summed E-state index contributed by atoms with van der Waals surface area (Å²) in [5.41, 5.74) is 6.89. The number of rotatable bonds is 3. The molecule has 3 N–H and O–H groups in total. The Labute approximate surface area is 108 Å². The number of halogens is 2. The molecular weight excluding hydrogens is 259 g/mol. The molecule has 0 spiro atoms. The minimum Gasteiger partial charge on any atom is -0.384 e. The van der Waals surface area contributed by atoms with Crippen molar-refractivity contribution >= 4 is 29.0 Å². The van der Waals surface area contributed by atoms with Gasteiger partial charge < -0.3 is 5.73 Å². The van der Waals surface area contributed by atoms with Crippen molar-refractivity contribution < 1.29 is 0 Å². The van der Waals surface area contributed by atoms with Crippen LogP contribution in [0.1, 0.15) is 11.1 Å². The Morgan fingerprint density at radius 2 is 2.18 bits per heavy atom. The smallest absolute Gasteiger partial charge is 0.122 e. The summed E-state index contributed by atoms with van der Waals surface area (Å²) in [4.78, 5) is 0. The van der Waals surface area contributed by atoms with E-state index in [1.54, 1.807) is 29.2 Å². The first-order chi connectivity index (χ1) is 8.06. The van der Waals surface area contributed by atoms with E-state index in [1.165, 1.54) is 0 Å². The first kappa shape index (κ1) is 12.0. The molecule has 0 aliphatic heterocycles. The number of benzene rings is 1. The van der Waals surface area contributed by atoms with Crippen LogP contribution in [0.25, 0.3) is 0 Å². The maximum atomic E-state index is 7.31. The van der Waals surface area contributed by atoms with E-state index in [9.17, 15) is 0 Å². The lowest BCUT2D eigenvalue weighted by Crippen LogP contribution is -2.11. The molecule has 0 saturated carbocycles. The first-order valence-electron chi connectivity index (χ1n) is 4.87. The van der Waals surface area contributed by atoms with Crippen molar-refractivity contribution in [3.05, 3.63) is 51.8 Å². The molecule has 6 heteroatoms. The Hall–Kier alpha value is -1.52. The Balaban J connectivity index is 2.25. The summed E-state index contributed by atoms with van der Waals surface area (Å²) in [6, 6.07) is 5.26. The zero-order chi connectivity index (χ0) is 12.4. The van der Waals surface area contributed by atoms with Crippen molar-refractivity contribution in [3.63, 3.8) is 0 Å². The van der Waals surface area contributed by atoms with Gasteiger partial charge in [-0.05, 0) is 11.6 Å². The molecule has 4 nitrogen and oxygen atoms in total. The van der Waals surface area contributed by atoms with Crippen LogP contribution < -0.4 is 5.73 Å². The van der Waals surface area contributed by atoms with Gasteiger partial charge in [-0.25, -0.2) is 0 Å². The number of nitrogens with zero attached hydrogens (tertiary/aromatic N) is 2. The highest BCUT2D eigenvalue weighted by molar-refractivity contribution is 6.31. The molecular formula is C11H10Cl2N4. The number of aromatic nitrogens is 2. The Bertz CT molecular complexity index is 562. The molecule has 0 radical (unpaired) electrons. The van der Waals surface area contributed by atoms with Crippen LogP contribution in [0.15, 0.2) is 30.6 Å². The van der Waals surface area contributed by atoms with Crippen LogP contribution in [0.2, 0.25) is 10.0 Å². The molecule has 0 unspecified atom stereocenters. The zero-order valence-electron chi connectivity index (χ0n) is 8.82. The quantitative estimate of drug-likeness (QED) is 0.664. The zero-order valence-corrected chi connectivity index (χ0v) is 10.3. The van der Waals surface area contributed by atoms with Crippen LogP contribution >= 0.6 is 23.2 Å². The lowest BCUT2D eigenvalue weighted by Gasteiger charge is -2.06. The van der Waals surface area contributed by atoms with Gasteiger partial charge in [0.05, 0.1) is 17.8 Å². The molecule has 0 aliphatic rings. The van der Waals surface area contributed by atoms with E-state index in [-0.39, 0.29) is 5.84 Å². The van der Waals surface area contributed by atoms with Crippen molar-refractivity contribution in [2.45, 2.75) is 6.54 Å². The molecule has 0 fully saturated rings. The van der Waals surface area contributed by atoms with Crippen LogP contribution in [0.5, 0.6) is 0 Å². The second-order valence-corrected chi connectivity index (χ2v) is 4.42. The third kappa shape index (κ3) is 2.78. The lowest BCUT2D eigenvalue weighted by molar-refractivity contribution is 0.687. The molecule has 1 heterocycles. The Morgan fingerprint density at radius 3 is 2.71 bits per heavy atom. The second kappa shape index (κ2) is 4.77. The Morgan fingerprint density at radius 1 is 1.41 bits per heavy atom. The summed E-state index contributed by atoms with van der Waals surface area (Å²) in [5, 5.41) is 12.5. The highest BCUT2D eigenvalue weighted by atomic mass is 35.5. The van der Waals surface area contributed by atoms with Gasteiger partial charge in [-0.15, -0.1) is 0 Å². The summed E-state index contributed by atoms with van der Waals surface area (Å²) in [6.07, 6.45) is 3.29. The number of hydrogen-bond acceptors (Lipinski definition) is 2.